The molecular weight excluding hydrogens is 83.1 g/mol. The van der Waals surface area contributed by atoms with E-state index >= 15 is 0 Å². The first-order valence-corrected chi connectivity index (χ1v) is 1.85. The van der Waals surface area contributed by atoms with Crippen molar-refractivity contribution in [3.05, 3.63) is 30.6 Å². The minimum atomic E-state index is 0. The minimum absolute atomic E-state index is 0. The van der Waals surface area contributed by atoms with Crippen LogP contribution in [-0.4, -0.2) is 15.1 Å². The zero-order valence-electron chi connectivity index (χ0n) is 4.04. The fourth-order valence-corrected chi connectivity index (χ4v) is 0.313. The molecule has 0 aliphatic rings. The van der Waals surface area contributed by atoms with Crippen molar-refractivity contribution < 1.29 is 0 Å². The van der Waals surface area contributed by atoms with Crippen molar-refractivity contribution in [2.45, 2.75) is 0 Å². The van der Waals surface area contributed by atoms with E-state index in [0.717, 1.165) is 0 Å². The average molecular weight is 88.1 g/mol. The van der Waals surface area contributed by atoms with E-state index in [9.17, 15) is 0 Å². The molecule has 1 rings (SSSR count). The van der Waals surface area contributed by atoms with Crippen molar-refractivity contribution in [1.82, 2.24) is 4.98 Å². The third-order valence-corrected chi connectivity index (χ3v) is 0.566. The van der Waals surface area contributed by atoms with Crippen molar-refractivity contribution in [2.24, 2.45) is 0 Å². The molecule has 0 aliphatic heterocycles. The fraction of sp³-hybridized carbons (Fsp3) is 0. The van der Waals surface area contributed by atoms with Crippen LogP contribution in [0.25, 0.3) is 0 Å². The summed E-state index contributed by atoms with van der Waals surface area (Å²) in [6.07, 6.45) is 3.50. The standard InChI is InChI=1S/C5H5N.Be/c1-2-4-6-5-3-1;/h1-5H;/q;+2. The van der Waals surface area contributed by atoms with Gasteiger partial charge in [-0.25, -0.2) is 0 Å². The Morgan fingerprint density at radius 3 is 1.57 bits per heavy atom. The molecule has 2 heteroatoms. The number of rotatable bonds is 0. The quantitative estimate of drug-likeness (QED) is 0.425. The van der Waals surface area contributed by atoms with Crippen LogP contribution in [-0.2, 0) is 0 Å². The van der Waals surface area contributed by atoms with Crippen LogP contribution in [0.2, 0.25) is 0 Å². The molecule has 1 heterocycles. The largest absolute Gasteiger partial charge is 2.00 e. The van der Waals surface area contributed by atoms with E-state index in [0.29, 0.717) is 0 Å². The van der Waals surface area contributed by atoms with Crippen molar-refractivity contribution in [3.63, 3.8) is 0 Å². The monoisotopic (exact) mass is 88.1 g/mol. The summed E-state index contributed by atoms with van der Waals surface area (Å²) in [5.74, 6) is 0. The van der Waals surface area contributed by atoms with Gasteiger partial charge >= 0.3 is 10.1 Å². The average Bonchev–Trinajstić information content (AvgIpc) is 1.72. The van der Waals surface area contributed by atoms with Gasteiger partial charge in [0.15, 0.2) is 0 Å². The topological polar surface area (TPSA) is 12.9 Å². The van der Waals surface area contributed by atoms with Gasteiger partial charge in [0.05, 0.1) is 0 Å². The molecule has 0 radical (unpaired) electrons. The van der Waals surface area contributed by atoms with Gasteiger partial charge in [0, 0.05) is 12.4 Å². The molecule has 0 spiro atoms. The molecule has 0 saturated heterocycles. The molecule has 0 fully saturated rings. The van der Waals surface area contributed by atoms with Gasteiger partial charge in [0.1, 0.15) is 0 Å². The molecule has 1 nitrogen and oxygen atoms in total. The van der Waals surface area contributed by atoms with Gasteiger partial charge < -0.3 is 0 Å². The first kappa shape index (κ1) is 6.32. The summed E-state index contributed by atoms with van der Waals surface area (Å²) in [6.45, 7) is 0. The second kappa shape index (κ2) is 3.51. The van der Waals surface area contributed by atoms with Crippen LogP contribution in [0.4, 0.5) is 0 Å². The fourth-order valence-electron chi connectivity index (χ4n) is 0.313. The Hall–Kier alpha value is -0.681. The van der Waals surface area contributed by atoms with Gasteiger partial charge in [-0.15, -0.1) is 0 Å². The minimum Gasteiger partial charge on any atom is -0.265 e. The summed E-state index contributed by atoms with van der Waals surface area (Å²) in [6, 6.07) is 5.72. The van der Waals surface area contributed by atoms with Crippen LogP contribution in [0.3, 0.4) is 0 Å². The van der Waals surface area contributed by atoms with Crippen LogP contribution in [0.5, 0.6) is 0 Å². The summed E-state index contributed by atoms with van der Waals surface area (Å²) in [5.41, 5.74) is 0. The molecule has 0 aromatic carbocycles. The molecule has 0 N–H and O–H groups in total. The Morgan fingerprint density at radius 1 is 0.857 bits per heavy atom. The van der Waals surface area contributed by atoms with Crippen LogP contribution < -0.4 is 0 Å². The van der Waals surface area contributed by atoms with Gasteiger partial charge in [0.2, 0.25) is 0 Å². The maximum absolute atomic E-state index is 3.78. The summed E-state index contributed by atoms with van der Waals surface area (Å²) in [5, 5.41) is 0. The van der Waals surface area contributed by atoms with Crippen LogP contribution >= 0.6 is 0 Å². The molecule has 0 amide bonds. The first-order chi connectivity index (χ1) is 3.00. The molecule has 0 saturated carbocycles. The molecule has 0 atom stereocenters. The smallest absolute Gasteiger partial charge is 0.265 e. The molecule has 1 aromatic heterocycles. The maximum Gasteiger partial charge on any atom is 2.00 e. The third kappa shape index (κ3) is 2.07. The van der Waals surface area contributed by atoms with Crippen LogP contribution in [0.1, 0.15) is 0 Å². The van der Waals surface area contributed by atoms with E-state index in [2.05, 4.69) is 4.98 Å². The molecule has 30 valence electrons. The van der Waals surface area contributed by atoms with E-state index in [1.807, 2.05) is 18.2 Å². The number of pyridine rings is 1. The van der Waals surface area contributed by atoms with E-state index < -0.39 is 0 Å². The van der Waals surface area contributed by atoms with Crippen molar-refractivity contribution >= 4 is 10.1 Å². The number of hydrogen-bond acceptors (Lipinski definition) is 1. The predicted molar refractivity (Wildman–Crippen MR) is 30.0 cm³/mol. The Morgan fingerprint density at radius 2 is 1.43 bits per heavy atom. The first-order valence-electron chi connectivity index (χ1n) is 1.85. The van der Waals surface area contributed by atoms with E-state index in [1.54, 1.807) is 12.4 Å². The zero-order chi connectivity index (χ0) is 4.24. The van der Waals surface area contributed by atoms with Gasteiger partial charge in [-0.05, 0) is 12.1 Å². The van der Waals surface area contributed by atoms with E-state index in [1.165, 1.54) is 0 Å². The second-order valence-corrected chi connectivity index (χ2v) is 1.02. The summed E-state index contributed by atoms with van der Waals surface area (Å²) >= 11 is 0. The van der Waals surface area contributed by atoms with Gasteiger partial charge in [0.25, 0.3) is 0 Å². The normalized spacial score (nSPS) is 6.86. The SMILES string of the molecule is [Be+2].c1ccncc1. The second-order valence-electron chi connectivity index (χ2n) is 1.02. The zero-order valence-corrected chi connectivity index (χ0v) is 4.04. The number of nitrogens with zero attached hydrogens (tertiary/aromatic N) is 1. The summed E-state index contributed by atoms with van der Waals surface area (Å²) in [7, 11) is 0. The Bertz CT molecular complexity index is 80.0. The maximum atomic E-state index is 3.78. The van der Waals surface area contributed by atoms with Crippen molar-refractivity contribution in [2.75, 3.05) is 0 Å². The molecule has 0 bridgehead atoms. The molecule has 1 aromatic rings. The van der Waals surface area contributed by atoms with Crippen molar-refractivity contribution in [3.8, 4) is 0 Å². The summed E-state index contributed by atoms with van der Waals surface area (Å²) in [4.78, 5) is 3.78. The van der Waals surface area contributed by atoms with E-state index in [4.69, 9.17) is 0 Å². The Kier molecular flexibility index (Phi) is 3.17. The van der Waals surface area contributed by atoms with Gasteiger partial charge in [-0.3, -0.25) is 4.98 Å². The van der Waals surface area contributed by atoms with Crippen LogP contribution in [0, 0.1) is 0 Å². The molecule has 0 aliphatic carbocycles. The number of hydrogen-bond donors (Lipinski definition) is 0. The molecule has 7 heavy (non-hydrogen) atoms. The van der Waals surface area contributed by atoms with Crippen LogP contribution in [0.15, 0.2) is 30.6 Å². The predicted octanol–water partition coefficient (Wildman–Crippen LogP) is 0.701. The number of aromatic nitrogens is 1. The van der Waals surface area contributed by atoms with Gasteiger partial charge in [-0.1, -0.05) is 6.07 Å². The summed E-state index contributed by atoms with van der Waals surface area (Å²) < 4.78 is 0. The Balaban J connectivity index is 0.000000360. The Labute approximate surface area is 46.6 Å². The third-order valence-electron chi connectivity index (χ3n) is 0.566. The molecular formula is C5H5BeN+2. The van der Waals surface area contributed by atoms with Crippen molar-refractivity contribution in [1.29, 1.82) is 0 Å². The van der Waals surface area contributed by atoms with E-state index in [-0.39, 0.29) is 10.1 Å². The molecule has 0 unspecified atom stereocenters. The van der Waals surface area contributed by atoms with Gasteiger partial charge in [-0.2, -0.15) is 0 Å².